The summed E-state index contributed by atoms with van der Waals surface area (Å²) in [5.74, 6) is 0.759. The number of anilines is 1. The molecule has 0 radical (unpaired) electrons. The number of amides is 1. The Bertz CT molecular complexity index is 1030. The van der Waals surface area contributed by atoms with Gasteiger partial charge < -0.3 is 9.84 Å². The molecule has 1 amide bonds. The van der Waals surface area contributed by atoms with Gasteiger partial charge >= 0.3 is 0 Å². The zero-order valence-electron chi connectivity index (χ0n) is 15.7. The van der Waals surface area contributed by atoms with Gasteiger partial charge in [-0.15, -0.1) is 0 Å². The Morgan fingerprint density at radius 2 is 2.07 bits per heavy atom. The molecule has 27 heavy (non-hydrogen) atoms. The maximum atomic E-state index is 13.0. The third kappa shape index (κ3) is 4.05. The van der Waals surface area contributed by atoms with Crippen LogP contribution in [0, 0.1) is 6.92 Å². The molecule has 1 N–H and O–H groups in total. The normalized spacial score (nSPS) is 13.5. The smallest absolute Gasteiger partial charge is 0.262 e. The van der Waals surface area contributed by atoms with E-state index in [1.807, 2.05) is 32.0 Å². The largest absolute Gasteiger partial charge is 0.360 e. The van der Waals surface area contributed by atoms with Crippen LogP contribution in [0.5, 0.6) is 0 Å². The molecule has 142 valence electrons. The average molecular weight is 386 g/mol. The van der Waals surface area contributed by atoms with Gasteiger partial charge in [-0.1, -0.05) is 36.0 Å². The zero-order valence-corrected chi connectivity index (χ0v) is 16.5. The molecule has 2 heterocycles. The number of hydrogen-bond acceptors (Lipinski definition) is 6. The van der Waals surface area contributed by atoms with Crippen molar-refractivity contribution in [3.05, 3.63) is 46.4 Å². The van der Waals surface area contributed by atoms with Crippen molar-refractivity contribution in [2.24, 2.45) is 0 Å². The van der Waals surface area contributed by atoms with Crippen molar-refractivity contribution < 1.29 is 9.32 Å². The summed E-state index contributed by atoms with van der Waals surface area (Å²) in [4.78, 5) is 30.1. The van der Waals surface area contributed by atoms with Crippen molar-refractivity contribution in [1.82, 2.24) is 14.7 Å². The predicted octanol–water partition coefficient (Wildman–Crippen LogP) is 3.78. The summed E-state index contributed by atoms with van der Waals surface area (Å²) >= 11 is 1.26. The topological polar surface area (TPSA) is 90.0 Å². The molecular formula is C19H22N4O3S. The van der Waals surface area contributed by atoms with E-state index in [1.54, 1.807) is 30.5 Å². The van der Waals surface area contributed by atoms with Crippen molar-refractivity contribution >= 4 is 34.4 Å². The van der Waals surface area contributed by atoms with Crippen LogP contribution in [0.3, 0.4) is 0 Å². The SMILES string of the molecule is CC[C@@H](C)n1c(S[C@H](C)C(=O)Nc2cc(C)on2)nc2ccccc2c1=O. The van der Waals surface area contributed by atoms with Crippen molar-refractivity contribution in [2.45, 2.75) is 50.6 Å². The third-order valence-corrected chi connectivity index (χ3v) is 5.40. The lowest BCUT2D eigenvalue weighted by molar-refractivity contribution is -0.115. The lowest BCUT2D eigenvalue weighted by Crippen LogP contribution is -2.28. The van der Waals surface area contributed by atoms with Crippen LogP contribution in [-0.4, -0.2) is 25.9 Å². The quantitative estimate of drug-likeness (QED) is 0.512. The van der Waals surface area contributed by atoms with E-state index in [1.165, 1.54) is 11.8 Å². The number of thioether (sulfide) groups is 1. The molecule has 0 bridgehead atoms. The summed E-state index contributed by atoms with van der Waals surface area (Å²) in [5, 5.41) is 7.14. The first-order chi connectivity index (χ1) is 12.9. The minimum absolute atomic E-state index is 0.0226. The minimum Gasteiger partial charge on any atom is -0.360 e. The number of nitrogens with one attached hydrogen (secondary N) is 1. The summed E-state index contributed by atoms with van der Waals surface area (Å²) < 4.78 is 6.64. The number of carbonyl (C=O) groups excluding carboxylic acids is 1. The van der Waals surface area contributed by atoms with Crippen LogP contribution in [0.15, 0.2) is 44.8 Å². The Hall–Kier alpha value is -2.61. The van der Waals surface area contributed by atoms with E-state index in [0.717, 1.165) is 6.42 Å². The third-order valence-electron chi connectivity index (χ3n) is 4.34. The Morgan fingerprint density at radius 1 is 1.33 bits per heavy atom. The Labute approximate surface area is 161 Å². The molecule has 0 aliphatic heterocycles. The summed E-state index contributed by atoms with van der Waals surface area (Å²) in [6.45, 7) is 7.52. The summed E-state index contributed by atoms with van der Waals surface area (Å²) in [6, 6.07) is 8.89. The van der Waals surface area contributed by atoms with Gasteiger partial charge in [0.1, 0.15) is 5.76 Å². The maximum Gasteiger partial charge on any atom is 0.262 e. The highest BCUT2D eigenvalue weighted by Gasteiger charge is 2.22. The number of carbonyl (C=O) groups is 1. The first kappa shape index (κ1) is 19.2. The first-order valence-corrected chi connectivity index (χ1v) is 9.70. The number of nitrogens with zero attached hydrogens (tertiary/aromatic N) is 3. The van der Waals surface area contributed by atoms with Crippen molar-refractivity contribution in [1.29, 1.82) is 0 Å². The van der Waals surface area contributed by atoms with Gasteiger partial charge in [0.25, 0.3) is 5.56 Å². The van der Waals surface area contributed by atoms with Gasteiger partial charge in [0, 0.05) is 12.1 Å². The van der Waals surface area contributed by atoms with E-state index >= 15 is 0 Å². The fourth-order valence-electron chi connectivity index (χ4n) is 2.64. The van der Waals surface area contributed by atoms with Crippen LogP contribution in [0.2, 0.25) is 0 Å². The van der Waals surface area contributed by atoms with E-state index in [0.29, 0.717) is 27.6 Å². The standard InChI is InChI=1S/C19H22N4O3S/c1-5-11(2)23-18(25)14-8-6-7-9-15(14)20-19(23)27-13(4)17(24)21-16-10-12(3)26-22-16/h6-11,13H,5H2,1-4H3,(H,21,22,24)/t11-,13-/m1/s1. The zero-order chi connectivity index (χ0) is 19.6. The van der Waals surface area contributed by atoms with Crippen LogP contribution >= 0.6 is 11.8 Å². The molecule has 8 heteroatoms. The molecule has 2 aromatic heterocycles. The van der Waals surface area contributed by atoms with Gasteiger partial charge in [-0.05, 0) is 39.3 Å². The fraction of sp³-hybridized carbons (Fsp3) is 0.368. The number of para-hydroxylation sites is 1. The number of hydrogen-bond donors (Lipinski definition) is 1. The van der Waals surface area contributed by atoms with E-state index < -0.39 is 5.25 Å². The molecule has 2 atom stereocenters. The molecule has 0 aliphatic carbocycles. The van der Waals surface area contributed by atoms with Gasteiger partial charge in [0.2, 0.25) is 5.91 Å². The van der Waals surface area contributed by atoms with Crippen LogP contribution in [0.4, 0.5) is 5.82 Å². The fourth-order valence-corrected chi connectivity index (χ4v) is 3.65. The lowest BCUT2D eigenvalue weighted by Gasteiger charge is -2.19. The van der Waals surface area contributed by atoms with Crippen LogP contribution < -0.4 is 10.9 Å². The number of benzene rings is 1. The minimum atomic E-state index is -0.467. The molecule has 1 aromatic carbocycles. The molecule has 3 rings (SSSR count). The molecule has 3 aromatic rings. The average Bonchev–Trinajstić information content (AvgIpc) is 3.06. The molecule has 0 unspecified atom stereocenters. The van der Waals surface area contributed by atoms with Gasteiger partial charge in [-0.2, -0.15) is 0 Å². The molecule has 0 saturated carbocycles. The number of rotatable bonds is 6. The number of aromatic nitrogens is 3. The Morgan fingerprint density at radius 3 is 2.74 bits per heavy atom. The van der Waals surface area contributed by atoms with Gasteiger partial charge in [0.05, 0.1) is 16.2 Å². The molecule has 0 aliphatic rings. The van der Waals surface area contributed by atoms with E-state index in [2.05, 4.69) is 15.5 Å². The maximum absolute atomic E-state index is 13.0. The van der Waals surface area contributed by atoms with Crippen LogP contribution in [-0.2, 0) is 4.79 Å². The summed E-state index contributed by atoms with van der Waals surface area (Å²) in [7, 11) is 0. The van der Waals surface area contributed by atoms with Crippen molar-refractivity contribution in [2.75, 3.05) is 5.32 Å². The monoisotopic (exact) mass is 386 g/mol. The summed E-state index contributed by atoms with van der Waals surface area (Å²) in [6.07, 6.45) is 0.784. The summed E-state index contributed by atoms with van der Waals surface area (Å²) in [5.41, 5.74) is 0.543. The number of aryl methyl sites for hydroxylation is 1. The van der Waals surface area contributed by atoms with Crippen molar-refractivity contribution in [3.63, 3.8) is 0 Å². The second-order valence-electron chi connectivity index (χ2n) is 6.42. The van der Waals surface area contributed by atoms with Gasteiger partial charge in [-0.25, -0.2) is 4.98 Å². The highest BCUT2D eigenvalue weighted by Crippen LogP contribution is 2.26. The Balaban J connectivity index is 1.92. The van der Waals surface area contributed by atoms with Gasteiger partial charge in [0.15, 0.2) is 11.0 Å². The second kappa shape index (κ2) is 7.96. The lowest BCUT2D eigenvalue weighted by atomic mass is 10.2. The van der Waals surface area contributed by atoms with Crippen LogP contribution in [0.25, 0.3) is 10.9 Å². The molecular weight excluding hydrogens is 364 g/mol. The molecule has 7 nitrogen and oxygen atoms in total. The Kier molecular flexibility index (Phi) is 5.65. The van der Waals surface area contributed by atoms with Crippen LogP contribution in [0.1, 0.15) is 39.0 Å². The second-order valence-corrected chi connectivity index (χ2v) is 7.72. The first-order valence-electron chi connectivity index (χ1n) is 8.82. The predicted molar refractivity (Wildman–Crippen MR) is 106 cm³/mol. The van der Waals surface area contributed by atoms with E-state index in [-0.39, 0.29) is 17.5 Å². The molecule has 0 saturated heterocycles. The van der Waals surface area contributed by atoms with Crippen molar-refractivity contribution in [3.8, 4) is 0 Å². The van der Waals surface area contributed by atoms with E-state index in [4.69, 9.17) is 4.52 Å². The highest BCUT2D eigenvalue weighted by atomic mass is 32.2. The van der Waals surface area contributed by atoms with Gasteiger partial charge in [-0.3, -0.25) is 14.2 Å². The number of fused-ring (bicyclic) bond motifs is 1. The highest BCUT2D eigenvalue weighted by molar-refractivity contribution is 8.00. The molecule has 0 fully saturated rings. The molecule has 0 spiro atoms. The van der Waals surface area contributed by atoms with E-state index in [9.17, 15) is 9.59 Å².